The minimum atomic E-state index is -0.552. The van der Waals surface area contributed by atoms with Gasteiger partial charge in [0.25, 0.3) is 5.91 Å². The molecule has 0 radical (unpaired) electrons. The molecule has 156 valence electrons. The fraction of sp³-hybridized carbons (Fsp3) is 0.304. The fourth-order valence-electron chi connectivity index (χ4n) is 4.00. The van der Waals surface area contributed by atoms with Gasteiger partial charge in [-0.05, 0) is 50.6 Å². The molecule has 1 atom stereocenters. The van der Waals surface area contributed by atoms with E-state index in [9.17, 15) is 9.18 Å². The lowest BCUT2D eigenvalue weighted by Crippen LogP contribution is -2.37. The van der Waals surface area contributed by atoms with Gasteiger partial charge in [0.05, 0.1) is 16.6 Å². The summed E-state index contributed by atoms with van der Waals surface area (Å²) in [6.07, 6.45) is 2.30. The van der Waals surface area contributed by atoms with Crippen LogP contribution in [0.1, 0.15) is 40.6 Å². The number of halogens is 2. The summed E-state index contributed by atoms with van der Waals surface area (Å²) in [6.45, 7) is 4.06. The van der Waals surface area contributed by atoms with Gasteiger partial charge in [-0.15, -0.1) is 0 Å². The number of amides is 1. The maximum atomic E-state index is 14.4. The van der Waals surface area contributed by atoms with Crippen molar-refractivity contribution >= 4 is 17.5 Å². The molecule has 1 aliphatic rings. The molecule has 1 saturated heterocycles. The van der Waals surface area contributed by atoms with Gasteiger partial charge < -0.3 is 9.84 Å². The number of likely N-dealkylation sites (tertiary alicyclic amines) is 1. The van der Waals surface area contributed by atoms with E-state index < -0.39 is 5.82 Å². The summed E-state index contributed by atoms with van der Waals surface area (Å²) in [4.78, 5) is 15.5. The van der Waals surface area contributed by atoms with Gasteiger partial charge in [0.15, 0.2) is 0 Å². The molecule has 0 aliphatic carbocycles. The highest BCUT2D eigenvalue weighted by molar-refractivity contribution is 6.33. The van der Waals surface area contributed by atoms with Crippen molar-refractivity contribution in [2.45, 2.75) is 25.8 Å². The maximum Gasteiger partial charge on any atom is 0.257 e. The monoisotopic (exact) mass is 427 g/mol. The highest BCUT2D eigenvalue weighted by Crippen LogP contribution is 2.33. The lowest BCUT2D eigenvalue weighted by atomic mass is 10.0. The molecule has 5 nitrogen and oxygen atoms in total. The molecular weight excluding hydrogens is 405 g/mol. The quantitative estimate of drug-likeness (QED) is 0.600. The van der Waals surface area contributed by atoms with Gasteiger partial charge in [-0.25, -0.2) is 4.39 Å². The molecule has 0 spiro atoms. The second kappa shape index (κ2) is 8.98. The van der Waals surface area contributed by atoms with Crippen LogP contribution in [0.2, 0.25) is 5.02 Å². The number of hydrogen-bond acceptors (Lipinski definition) is 4. The second-order valence-corrected chi connectivity index (χ2v) is 7.85. The van der Waals surface area contributed by atoms with Crippen molar-refractivity contribution in [3.8, 4) is 11.3 Å². The molecule has 0 bridgehead atoms. The number of hydrogen-bond donors (Lipinski definition) is 1. The van der Waals surface area contributed by atoms with Crippen molar-refractivity contribution in [1.29, 1.82) is 0 Å². The van der Waals surface area contributed by atoms with E-state index >= 15 is 0 Å². The van der Waals surface area contributed by atoms with Crippen LogP contribution in [-0.2, 0) is 0 Å². The Kier molecular flexibility index (Phi) is 6.16. The molecule has 0 saturated carbocycles. The highest BCUT2D eigenvalue weighted by atomic mass is 35.5. The number of rotatable bonds is 6. The first-order valence-corrected chi connectivity index (χ1v) is 10.4. The van der Waals surface area contributed by atoms with Crippen LogP contribution in [0, 0.1) is 12.7 Å². The number of benzene rings is 2. The first kappa shape index (κ1) is 20.6. The van der Waals surface area contributed by atoms with Gasteiger partial charge in [-0.3, -0.25) is 9.69 Å². The van der Waals surface area contributed by atoms with Crippen LogP contribution in [0.5, 0.6) is 0 Å². The lowest BCUT2D eigenvalue weighted by Gasteiger charge is -2.28. The Bertz CT molecular complexity index is 1010. The van der Waals surface area contributed by atoms with Crippen LogP contribution in [0.4, 0.5) is 4.39 Å². The standard InChI is InChI=1S/C23H23ClFN3O2/c1-15-20(22(27-30-15)21-17(24)10-7-11-18(21)25)23(29)26-14-19(28-12-5-6-13-28)16-8-3-2-4-9-16/h2-4,7-11,19H,5-6,12-14H2,1H3,(H,26,29). The van der Waals surface area contributed by atoms with Gasteiger partial charge in [0.2, 0.25) is 0 Å². The summed E-state index contributed by atoms with van der Waals surface area (Å²) in [5.41, 5.74) is 1.54. The minimum Gasteiger partial charge on any atom is -0.360 e. The lowest BCUT2D eigenvalue weighted by molar-refractivity contribution is 0.0937. The number of carbonyl (C=O) groups is 1. The largest absolute Gasteiger partial charge is 0.360 e. The van der Waals surface area contributed by atoms with E-state index in [0.29, 0.717) is 12.3 Å². The van der Waals surface area contributed by atoms with Crippen molar-refractivity contribution in [1.82, 2.24) is 15.4 Å². The summed E-state index contributed by atoms with van der Waals surface area (Å²) < 4.78 is 19.7. The Morgan fingerprint density at radius 2 is 1.93 bits per heavy atom. The summed E-state index contributed by atoms with van der Waals surface area (Å²) in [5.74, 6) is -0.591. The van der Waals surface area contributed by atoms with Crippen LogP contribution >= 0.6 is 11.6 Å². The minimum absolute atomic E-state index is 0.0679. The van der Waals surface area contributed by atoms with E-state index in [4.69, 9.17) is 16.1 Å². The van der Waals surface area contributed by atoms with Crippen molar-refractivity contribution < 1.29 is 13.7 Å². The van der Waals surface area contributed by atoms with E-state index in [-0.39, 0.29) is 33.8 Å². The molecule has 30 heavy (non-hydrogen) atoms. The second-order valence-electron chi connectivity index (χ2n) is 7.44. The first-order valence-electron chi connectivity index (χ1n) is 10.0. The van der Waals surface area contributed by atoms with Crippen LogP contribution in [0.25, 0.3) is 11.3 Å². The number of carbonyl (C=O) groups excluding carboxylic acids is 1. The Morgan fingerprint density at radius 1 is 1.20 bits per heavy atom. The fourth-order valence-corrected chi connectivity index (χ4v) is 4.25. The predicted octanol–water partition coefficient (Wildman–Crippen LogP) is 5.01. The van der Waals surface area contributed by atoms with Gasteiger partial charge in [0, 0.05) is 6.54 Å². The molecule has 1 aromatic heterocycles. The molecule has 4 rings (SSSR count). The van der Waals surface area contributed by atoms with Crippen LogP contribution in [-0.4, -0.2) is 35.6 Å². The van der Waals surface area contributed by atoms with Crippen molar-refractivity contribution in [3.63, 3.8) is 0 Å². The topological polar surface area (TPSA) is 58.4 Å². The van der Waals surface area contributed by atoms with Gasteiger partial charge in [0.1, 0.15) is 22.8 Å². The van der Waals surface area contributed by atoms with Crippen LogP contribution in [0.15, 0.2) is 53.1 Å². The normalized spacial score (nSPS) is 15.3. The van der Waals surface area contributed by atoms with Crippen molar-refractivity contribution in [2.24, 2.45) is 0 Å². The third-order valence-corrected chi connectivity index (χ3v) is 5.83. The average Bonchev–Trinajstić information content (AvgIpc) is 3.39. The Labute approximate surface area is 179 Å². The van der Waals surface area contributed by atoms with E-state index in [1.807, 2.05) is 18.2 Å². The average molecular weight is 428 g/mol. The molecule has 3 aromatic rings. The zero-order valence-corrected chi connectivity index (χ0v) is 17.5. The molecule has 1 N–H and O–H groups in total. The van der Waals surface area contributed by atoms with Crippen LogP contribution < -0.4 is 5.32 Å². The number of aryl methyl sites for hydroxylation is 1. The van der Waals surface area contributed by atoms with Crippen molar-refractivity contribution in [2.75, 3.05) is 19.6 Å². The molecule has 1 fully saturated rings. The third kappa shape index (κ3) is 4.11. The molecule has 7 heteroatoms. The summed E-state index contributed by atoms with van der Waals surface area (Å²) >= 11 is 6.18. The highest BCUT2D eigenvalue weighted by Gasteiger charge is 2.28. The zero-order chi connectivity index (χ0) is 21.1. The molecular formula is C23H23ClFN3O2. The van der Waals surface area contributed by atoms with Gasteiger partial charge >= 0.3 is 0 Å². The Morgan fingerprint density at radius 3 is 2.63 bits per heavy atom. The number of nitrogens with zero attached hydrogens (tertiary/aromatic N) is 2. The van der Waals surface area contributed by atoms with Crippen LogP contribution in [0.3, 0.4) is 0 Å². The van der Waals surface area contributed by atoms with E-state index in [1.165, 1.54) is 12.1 Å². The predicted molar refractivity (Wildman–Crippen MR) is 114 cm³/mol. The Balaban J connectivity index is 1.59. The molecule has 1 aliphatic heterocycles. The molecule has 1 amide bonds. The first-order chi connectivity index (χ1) is 14.6. The molecule has 1 unspecified atom stereocenters. The van der Waals surface area contributed by atoms with Crippen molar-refractivity contribution in [3.05, 3.63) is 76.3 Å². The third-order valence-electron chi connectivity index (χ3n) is 5.51. The zero-order valence-electron chi connectivity index (χ0n) is 16.7. The maximum absolute atomic E-state index is 14.4. The van der Waals surface area contributed by atoms with E-state index in [1.54, 1.807) is 13.0 Å². The SMILES string of the molecule is Cc1onc(-c2c(F)cccc2Cl)c1C(=O)NCC(c1ccccc1)N1CCCC1. The molecule has 2 heterocycles. The van der Waals surface area contributed by atoms with E-state index in [0.717, 1.165) is 31.5 Å². The summed E-state index contributed by atoms with van der Waals surface area (Å²) in [6, 6.07) is 14.6. The number of nitrogens with one attached hydrogen (secondary N) is 1. The number of aromatic nitrogens is 1. The summed E-state index contributed by atoms with van der Waals surface area (Å²) in [7, 11) is 0. The van der Waals surface area contributed by atoms with E-state index in [2.05, 4.69) is 27.5 Å². The Hall–Kier alpha value is -2.70. The smallest absolute Gasteiger partial charge is 0.257 e. The molecule has 2 aromatic carbocycles. The van der Waals surface area contributed by atoms with Gasteiger partial charge in [-0.2, -0.15) is 0 Å². The van der Waals surface area contributed by atoms with Gasteiger partial charge in [-0.1, -0.05) is 53.2 Å². The summed E-state index contributed by atoms with van der Waals surface area (Å²) in [5, 5.41) is 7.10.